The molecule has 1 saturated heterocycles. The number of hydrogen-bond donors (Lipinski definition) is 0. The van der Waals surface area contributed by atoms with Crippen molar-refractivity contribution in [3.8, 4) is 5.75 Å². The Hall–Kier alpha value is -1.83. The molecule has 0 bridgehead atoms. The molecule has 2 aromatic rings. The van der Waals surface area contributed by atoms with Gasteiger partial charge >= 0.3 is 0 Å². The van der Waals surface area contributed by atoms with Gasteiger partial charge in [-0.3, -0.25) is 4.79 Å². The molecule has 8 heteroatoms. The molecule has 1 aliphatic carbocycles. The van der Waals surface area contributed by atoms with Crippen molar-refractivity contribution in [3.63, 3.8) is 0 Å². The highest BCUT2D eigenvalue weighted by Crippen LogP contribution is 2.35. The van der Waals surface area contributed by atoms with Crippen molar-refractivity contribution in [1.29, 1.82) is 0 Å². The zero-order valence-corrected chi connectivity index (χ0v) is 15.8. The van der Waals surface area contributed by atoms with Gasteiger partial charge in [0.2, 0.25) is 10.0 Å². The van der Waals surface area contributed by atoms with E-state index in [4.69, 9.17) is 16.3 Å². The first-order chi connectivity index (χ1) is 12.4. The van der Waals surface area contributed by atoms with Crippen LogP contribution in [0, 0.1) is 6.92 Å². The lowest BCUT2D eigenvalue weighted by Gasteiger charge is -2.38. The molecule has 0 atom stereocenters. The van der Waals surface area contributed by atoms with Gasteiger partial charge in [0.05, 0.1) is 18.1 Å². The van der Waals surface area contributed by atoms with Gasteiger partial charge in [-0.2, -0.15) is 4.31 Å². The maximum atomic E-state index is 12.6. The van der Waals surface area contributed by atoms with Crippen LogP contribution in [0.15, 0.2) is 46.1 Å². The normalized spacial score (nSPS) is 18.5. The first-order valence-electron chi connectivity index (χ1n) is 8.51. The van der Waals surface area contributed by atoms with Crippen LogP contribution in [0.3, 0.4) is 0 Å². The van der Waals surface area contributed by atoms with Crippen LogP contribution in [0.2, 0.25) is 5.02 Å². The summed E-state index contributed by atoms with van der Waals surface area (Å²) in [6.07, 6.45) is 1.81. The van der Waals surface area contributed by atoms with Gasteiger partial charge in [0.1, 0.15) is 16.7 Å². The van der Waals surface area contributed by atoms with Crippen LogP contribution in [0.25, 0.3) is 0 Å². The molecule has 1 aromatic carbocycles. The molecule has 0 unspecified atom stereocenters. The molecule has 1 aliphatic heterocycles. The van der Waals surface area contributed by atoms with Crippen molar-refractivity contribution < 1.29 is 13.2 Å². The second-order valence-corrected chi connectivity index (χ2v) is 9.08. The lowest BCUT2D eigenvalue weighted by atomic mass is 10.2. The van der Waals surface area contributed by atoms with Crippen LogP contribution in [0.4, 0.5) is 0 Å². The molecule has 4 rings (SSSR count). The summed E-state index contributed by atoms with van der Waals surface area (Å²) >= 11 is 6.01. The van der Waals surface area contributed by atoms with E-state index in [9.17, 15) is 13.2 Å². The number of sulfonamides is 1. The topological polar surface area (TPSA) is 68.6 Å². The monoisotopic (exact) mass is 394 g/mol. The van der Waals surface area contributed by atoms with E-state index in [-0.39, 0.29) is 34.7 Å². The number of ether oxygens (including phenoxy) is 1. The van der Waals surface area contributed by atoms with E-state index in [1.54, 1.807) is 22.8 Å². The van der Waals surface area contributed by atoms with Gasteiger partial charge in [-0.05, 0) is 38.0 Å². The van der Waals surface area contributed by atoms with Crippen molar-refractivity contribution in [2.24, 2.45) is 0 Å². The molecule has 1 aromatic heterocycles. The molecule has 0 amide bonds. The van der Waals surface area contributed by atoms with Gasteiger partial charge in [0.15, 0.2) is 0 Å². The summed E-state index contributed by atoms with van der Waals surface area (Å²) in [5.74, 6) is 0.490. The minimum Gasteiger partial charge on any atom is -0.487 e. The molecule has 0 spiro atoms. The molecular formula is C18H19ClN2O4S. The molecule has 2 aliphatic rings. The third kappa shape index (κ3) is 3.15. The third-order valence-corrected chi connectivity index (χ3v) is 7.05. The average Bonchev–Trinajstić information content (AvgIpc) is 3.34. The molecule has 1 saturated carbocycles. The van der Waals surface area contributed by atoms with Crippen molar-refractivity contribution in [2.75, 3.05) is 13.1 Å². The fourth-order valence-electron chi connectivity index (χ4n) is 3.21. The Morgan fingerprint density at radius 2 is 1.85 bits per heavy atom. The maximum absolute atomic E-state index is 12.6. The first kappa shape index (κ1) is 17.6. The van der Waals surface area contributed by atoms with Gasteiger partial charge in [-0.15, -0.1) is 0 Å². The average molecular weight is 395 g/mol. The van der Waals surface area contributed by atoms with Crippen molar-refractivity contribution in [2.45, 2.75) is 36.8 Å². The van der Waals surface area contributed by atoms with E-state index in [0.29, 0.717) is 11.8 Å². The van der Waals surface area contributed by atoms with Crippen LogP contribution in [0.1, 0.15) is 24.6 Å². The maximum Gasteiger partial charge on any atom is 0.254 e. The summed E-state index contributed by atoms with van der Waals surface area (Å²) < 4.78 is 34.1. The largest absolute Gasteiger partial charge is 0.487 e. The van der Waals surface area contributed by atoms with Gasteiger partial charge in [0, 0.05) is 17.8 Å². The van der Waals surface area contributed by atoms with Crippen molar-refractivity contribution in [3.05, 3.63) is 57.5 Å². The SMILES string of the molecule is Cc1cc(OC2CN(S(=O)(=O)c3ccccc3Cl)C2)cc(=O)n1C1CC1. The molecule has 2 heterocycles. The van der Waals surface area contributed by atoms with Gasteiger partial charge in [-0.1, -0.05) is 23.7 Å². The van der Waals surface area contributed by atoms with Crippen LogP contribution in [-0.4, -0.2) is 36.5 Å². The standard InChI is InChI=1S/C18H19ClN2O4S/c1-12-8-14(9-18(22)21(12)13-6-7-13)25-15-10-20(11-15)26(23,24)17-5-3-2-4-16(17)19/h2-5,8-9,13,15H,6-7,10-11H2,1H3. The first-order valence-corrected chi connectivity index (χ1v) is 10.3. The predicted molar refractivity (Wildman–Crippen MR) is 98.3 cm³/mol. The smallest absolute Gasteiger partial charge is 0.254 e. The molecule has 138 valence electrons. The number of aromatic nitrogens is 1. The number of pyridine rings is 1. The molecule has 2 fully saturated rings. The van der Waals surface area contributed by atoms with E-state index >= 15 is 0 Å². The number of benzene rings is 1. The highest BCUT2D eigenvalue weighted by Gasteiger charge is 2.39. The fraction of sp³-hybridized carbons (Fsp3) is 0.389. The fourth-order valence-corrected chi connectivity index (χ4v) is 5.20. The van der Waals surface area contributed by atoms with E-state index in [1.807, 2.05) is 13.0 Å². The molecule has 26 heavy (non-hydrogen) atoms. The van der Waals surface area contributed by atoms with Gasteiger partial charge < -0.3 is 9.30 Å². The molecule has 6 nitrogen and oxygen atoms in total. The van der Waals surface area contributed by atoms with E-state index < -0.39 is 10.0 Å². The zero-order valence-electron chi connectivity index (χ0n) is 14.3. The summed E-state index contributed by atoms with van der Waals surface area (Å²) in [5, 5.41) is 0.205. The summed E-state index contributed by atoms with van der Waals surface area (Å²) in [6, 6.07) is 10.0. The zero-order chi connectivity index (χ0) is 18.5. The van der Waals surface area contributed by atoms with E-state index in [0.717, 1.165) is 18.5 Å². The number of halogens is 1. The summed E-state index contributed by atoms with van der Waals surface area (Å²) in [5.41, 5.74) is 0.803. The number of nitrogens with zero attached hydrogens (tertiary/aromatic N) is 2. The number of rotatable bonds is 5. The Balaban J connectivity index is 1.44. The second kappa shape index (κ2) is 6.40. The lowest BCUT2D eigenvalue weighted by molar-refractivity contribution is 0.0758. The lowest BCUT2D eigenvalue weighted by Crippen LogP contribution is -2.56. The van der Waals surface area contributed by atoms with Gasteiger partial charge in [0.25, 0.3) is 5.56 Å². The van der Waals surface area contributed by atoms with Crippen LogP contribution in [-0.2, 0) is 10.0 Å². The molecule has 0 radical (unpaired) electrons. The minimum absolute atomic E-state index is 0.0673. The molecular weight excluding hydrogens is 376 g/mol. The Labute approximate surface area is 157 Å². The Bertz CT molecular complexity index is 1010. The van der Waals surface area contributed by atoms with E-state index in [1.165, 1.54) is 16.4 Å². The summed E-state index contributed by atoms with van der Waals surface area (Å²) in [7, 11) is -3.63. The summed E-state index contributed by atoms with van der Waals surface area (Å²) in [4.78, 5) is 12.3. The number of hydrogen-bond acceptors (Lipinski definition) is 4. The minimum atomic E-state index is -3.63. The quantitative estimate of drug-likeness (QED) is 0.781. The van der Waals surface area contributed by atoms with Crippen molar-refractivity contribution in [1.82, 2.24) is 8.87 Å². The Morgan fingerprint density at radius 3 is 2.46 bits per heavy atom. The Morgan fingerprint density at radius 1 is 1.15 bits per heavy atom. The van der Waals surface area contributed by atoms with Crippen LogP contribution in [0.5, 0.6) is 5.75 Å². The number of aryl methyl sites for hydroxylation is 1. The van der Waals surface area contributed by atoms with E-state index in [2.05, 4.69) is 0 Å². The second-order valence-electron chi connectivity index (χ2n) is 6.76. The molecule has 0 N–H and O–H groups in total. The highest BCUT2D eigenvalue weighted by molar-refractivity contribution is 7.89. The third-order valence-electron chi connectivity index (χ3n) is 4.72. The van der Waals surface area contributed by atoms with Crippen LogP contribution >= 0.6 is 11.6 Å². The summed E-state index contributed by atoms with van der Waals surface area (Å²) in [6.45, 7) is 2.36. The Kier molecular flexibility index (Phi) is 4.33. The van der Waals surface area contributed by atoms with Crippen LogP contribution < -0.4 is 10.3 Å². The highest BCUT2D eigenvalue weighted by atomic mass is 35.5. The predicted octanol–water partition coefficient (Wildman–Crippen LogP) is 2.60. The van der Waals surface area contributed by atoms with Crippen molar-refractivity contribution >= 4 is 21.6 Å². The van der Waals surface area contributed by atoms with Gasteiger partial charge in [-0.25, -0.2) is 8.42 Å².